The molecule has 0 bridgehead atoms. The number of Topliss-reactive ketones (excluding diaryl/α,β-unsaturated/α-hetero) is 1. The van der Waals surface area contributed by atoms with Crippen LogP contribution in [0.2, 0.25) is 0 Å². The van der Waals surface area contributed by atoms with E-state index in [4.69, 9.17) is 9.47 Å². The Labute approximate surface area is 79.4 Å². The molecule has 76 valence electrons. The van der Waals surface area contributed by atoms with Crippen LogP contribution in [0.25, 0.3) is 0 Å². The predicted octanol–water partition coefficient (Wildman–Crippen LogP) is 1.75. The third-order valence-corrected chi connectivity index (χ3v) is 2.32. The molecule has 3 heteroatoms. The highest BCUT2D eigenvalue weighted by molar-refractivity contribution is 5.80. The fraction of sp³-hybridized carbons (Fsp3) is 0.900. The molecule has 0 saturated heterocycles. The number of rotatable bonds is 5. The first-order valence-corrected chi connectivity index (χ1v) is 4.97. The number of carbonyl (C=O) groups is 1. The summed E-state index contributed by atoms with van der Waals surface area (Å²) in [4.78, 5) is 10.9. The molecule has 0 aromatic carbocycles. The van der Waals surface area contributed by atoms with E-state index in [2.05, 4.69) is 0 Å². The van der Waals surface area contributed by atoms with Crippen LogP contribution in [0.3, 0.4) is 0 Å². The molecule has 0 spiro atoms. The molecular weight excluding hydrogens is 168 g/mol. The molecular formula is C10H18O3. The van der Waals surface area contributed by atoms with Crippen LogP contribution in [0.4, 0.5) is 0 Å². The zero-order chi connectivity index (χ0) is 9.68. The van der Waals surface area contributed by atoms with Crippen molar-refractivity contribution in [1.82, 2.24) is 0 Å². The molecule has 0 aromatic heterocycles. The van der Waals surface area contributed by atoms with E-state index in [1.165, 1.54) is 0 Å². The smallest absolute Gasteiger partial charge is 0.154 e. The molecule has 1 aliphatic carbocycles. The van der Waals surface area contributed by atoms with Gasteiger partial charge in [-0.05, 0) is 26.2 Å². The molecule has 3 nitrogen and oxygen atoms in total. The summed E-state index contributed by atoms with van der Waals surface area (Å²) in [6.07, 6.45) is 2.27. The number of hydrogen-bond donors (Lipinski definition) is 0. The number of ketones is 1. The summed E-state index contributed by atoms with van der Waals surface area (Å²) in [7, 11) is 0. The summed E-state index contributed by atoms with van der Waals surface area (Å²) in [5.41, 5.74) is 0. The van der Waals surface area contributed by atoms with Gasteiger partial charge in [-0.15, -0.1) is 0 Å². The molecule has 1 rings (SSSR count). The Morgan fingerprint density at radius 2 is 2.31 bits per heavy atom. The van der Waals surface area contributed by atoms with E-state index in [9.17, 15) is 4.79 Å². The Kier molecular flexibility index (Phi) is 4.39. The van der Waals surface area contributed by atoms with E-state index >= 15 is 0 Å². The second kappa shape index (κ2) is 5.35. The monoisotopic (exact) mass is 186 g/mol. The summed E-state index contributed by atoms with van der Waals surface area (Å²) < 4.78 is 10.7. The highest BCUT2D eigenvalue weighted by Gasteiger charge is 2.22. The van der Waals surface area contributed by atoms with Crippen LogP contribution in [0.15, 0.2) is 0 Å². The maximum Gasteiger partial charge on any atom is 0.154 e. The van der Waals surface area contributed by atoms with Gasteiger partial charge in [-0.2, -0.15) is 0 Å². The average Bonchev–Trinajstić information content (AvgIpc) is 2.49. The maximum atomic E-state index is 10.9. The van der Waals surface area contributed by atoms with Gasteiger partial charge in [0, 0.05) is 19.4 Å². The van der Waals surface area contributed by atoms with Crippen molar-refractivity contribution in [1.29, 1.82) is 0 Å². The van der Waals surface area contributed by atoms with Gasteiger partial charge in [-0.1, -0.05) is 0 Å². The Morgan fingerprint density at radius 3 is 2.85 bits per heavy atom. The molecule has 0 amide bonds. The Morgan fingerprint density at radius 1 is 1.54 bits per heavy atom. The molecule has 1 fully saturated rings. The predicted molar refractivity (Wildman–Crippen MR) is 49.4 cm³/mol. The number of carbonyl (C=O) groups excluding carboxylic acids is 1. The molecule has 0 aromatic rings. The van der Waals surface area contributed by atoms with Gasteiger partial charge in [0.15, 0.2) is 6.29 Å². The van der Waals surface area contributed by atoms with Gasteiger partial charge in [0.2, 0.25) is 0 Å². The first-order valence-electron chi connectivity index (χ1n) is 4.97. The largest absolute Gasteiger partial charge is 0.353 e. The fourth-order valence-electron chi connectivity index (χ4n) is 1.59. The van der Waals surface area contributed by atoms with Crippen LogP contribution in [-0.2, 0) is 14.3 Å². The van der Waals surface area contributed by atoms with Crippen LogP contribution in [0.1, 0.15) is 33.1 Å². The molecule has 2 atom stereocenters. The Balaban J connectivity index is 2.08. The molecule has 0 radical (unpaired) electrons. The lowest BCUT2D eigenvalue weighted by Crippen LogP contribution is -2.17. The van der Waals surface area contributed by atoms with Crippen molar-refractivity contribution >= 4 is 5.78 Å². The molecule has 0 heterocycles. The lowest BCUT2D eigenvalue weighted by Gasteiger charge is -2.15. The summed E-state index contributed by atoms with van der Waals surface area (Å²) in [6, 6.07) is 0. The first-order chi connectivity index (χ1) is 6.22. The standard InChI is InChI=1S/C10H18O3/c1-3-12-8(2)13-7-9-4-5-10(11)6-9/h8-9H,3-7H2,1-2H3/t8?,9-/m0/s1. The SMILES string of the molecule is CCOC(C)OC[C@H]1CCC(=O)C1. The van der Waals surface area contributed by atoms with Gasteiger partial charge in [-0.25, -0.2) is 0 Å². The van der Waals surface area contributed by atoms with Crippen LogP contribution in [0.5, 0.6) is 0 Å². The van der Waals surface area contributed by atoms with Gasteiger partial charge in [0.25, 0.3) is 0 Å². The lowest BCUT2D eigenvalue weighted by atomic mass is 10.1. The lowest BCUT2D eigenvalue weighted by molar-refractivity contribution is -0.136. The quantitative estimate of drug-likeness (QED) is 0.614. The zero-order valence-electron chi connectivity index (χ0n) is 8.41. The summed E-state index contributed by atoms with van der Waals surface area (Å²) in [5.74, 6) is 0.799. The third kappa shape index (κ3) is 3.87. The summed E-state index contributed by atoms with van der Waals surface area (Å²) in [5, 5.41) is 0. The van der Waals surface area contributed by atoms with Crippen molar-refractivity contribution in [2.24, 2.45) is 5.92 Å². The molecule has 1 unspecified atom stereocenters. The van der Waals surface area contributed by atoms with E-state index < -0.39 is 0 Å². The van der Waals surface area contributed by atoms with Crippen LogP contribution < -0.4 is 0 Å². The van der Waals surface area contributed by atoms with Gasteiger partial charge < -0.3 is 9.47 Å². The maximum absolute atomic E-state index is 10.9. The van der Waals surface area contributed by atoms with Gasteiger partial charge in [-0.3, -0.25) is 4.79 Å². The van der Waals surface area contributed by atoms with Crippen LogP contribution in [0, 0.1) is 5.92 Å². The van der Waals surface area contributed by atoms with Crippen molar-refractivity contribution in [2.45, 2.75) is 39.4 Å². The van der Waals surface area contributed by atoms with E-state index in [0.29, 0.717) is 31.3 Å². The van der Waals surface area contributed by atoms with Gasteiger partial charge in [0.1, 0.15) is 5.78 Å². The van der Waals surface area contributed by atoms with Crippen molar-refractivity contribution in [3.05, 3.63) is 0 Å². The van der Waals surface area contributed by atoms with Gasteiger partial charge >= 0.3 is 0 Å². The second-order valence-corrected chi connectivity index (χ2v) is 3.50. The summed E-state index contributed by atoms with van der Waals surface area (Å²) >= 11 is 0. The molecule has 0 N–H and O–H groups in total. The van der Waals surface area contributed by atoms with E-state index in [1.54, 1.807) is 0 Å². The minimum Gasteiger partial charge on any atom is -0.353 e. The Bertz CT molecular complexity index is 168. The highest BCUT2D eigenvalue weighted by Crippen LogP contribution is 2.22. The molecule has 1 saturated carbocycles. The number of ether oxygens (including phenoxy) is 2. The van der Waals surface area contributed by atoms with Crippen molar-refractivity contribution in [3.63, 3.8) is 0 Å². The van der Waals surface area contributed by atoms with E-state index in [0.717, 1.165) is 12.8 Å². The normalized spacial score (nSPS) is 25.1. The van der Waals surface area contributed by atoms with Crippen molar-refractivity contribution in [3.8, 4) is 0 Å². The van der Waals surface area contributed by atoms with Crippen LogP contribution in [-0.4, -0.2) is 25.3 Å². The second-order valence-electron chi connectivity index (χ2n) is 3.50. The van der Waals surface area contributed by atoms with Crippen molar-refractivity contribution in [2.75, 3.05) is 13.2 Å². The zero-order valence-corrected chi connectivity index (χ0v) is 8.41. The molecule has 1 aliphatic rings. The third-order valence-electron chi connectivity index (χ3n) is 2.32. The average molecular weight is 186 g/mol. The molecule has 13 heavy (non-hydrogen) atoms. The Hall–Kier alpha value is -0.410. The fourth-order valence-corrected chi connectivity index (χ4v) is 1.59. The summed E-state index contributed by atoms with van der Waals surface area (Å²) in [6.45, 7) is 5.16. The molecule has 0 aliphatic heterocycles. The first kappa shape index (κ1) is 10.7. The number of hydrogen-bond acceptors (Lipinski definition) is 3. The van der Waals surface area contributed by atoms with E-state index in [-0.39, 0.29) is 6.29 Å². The van der Waals surface area contributed by atoms with Crippen molar-refractivity contribution < 1.29 is 14.3 Å². The minimum absolute atomic E-state index is 0.138. The highest BCUT2D eigenvalue weighted by atomic mass is 16.7. The van der Waals surface area contributed by atoms with E-state index in [1.807, 2.05) is 13.8 Å². The minimum atomic E-state index is -0.138. The van der Waals surface area contributed by atoms with Crippen LogP contribution >= 0.6 is 0 Å². The van der Waals surface area contributed by atoms with Gasteiger partial charge in [0.05, 0.1) is 6.61 Å². The topological polar surface area (TPSA) is 35.5 Å².